The Bertz CT molecular complexity index is 332. The molecule has 120 valence electrons. The first kappa shape index (κ1) is 16.3. The molecular formula is C17H30N2O2. The van der Waals surface area contributed by atoms with Crippen molar-refractivity contribution in [3.05, 3.63) is 0 Å². The Labute approximate surface area is 128 Å². The fraction of sp³-hybridized carbons (Fsp3) is 0.882. The average molecular weight is 294 g/mol. The van der Waals surface area contributed by atoms with Gasteiger partial charge in [-0.1, -0.05) is 32.1 Å². The molecule has 0 aliphatic heterocycles. The highest BCUT2D eigenvalue weighted by Gasteiger charge is 2.17. The van der Waals surface area contributed by atoms with E-state index in [1.165, 1.54) is 32.1 Å². The first-order valence-electron chi connectivity index (χ1n) is 8.83. The number of carbonyl (C=O) groups excluding carboxylic acids is 2. The molecule has 0 aromatic carbocycles. The Kier molecular flexibility index (Phi) is 7.04. The van der Waals surface area contributed by atoms with E-state index in [2.05, 4.69) is 10.6 Å². The normalized spacial score (nSPS) is 20.4. The number of unbranched alkanes of at least 4 members (excludes halogenated alkanes) is 1. The van der Waals surface area contributed by atoms with Crippen LogP contribution in [0.1, 0.15) is 83.5 Å². The second-order valence-electron chi connectivity index (χ2n) is 6.66. The maximum absolute atomic E-state index is 11.8. The van der Waals surface area contributed by atoms with Crippen molar-refractivity contribution in [1.82, 2.24) is 10.6 Å². The molecule has 2 amide bonds. The summed E-state index contributed by atoms with van der Waals surface area (Å²) in [7, 11) is 0. The van der Waals surface area contributed by atoms with Crippen molar-refractivity contribution in [2.45, 2.75) is 95.6 Å². The molecular weight excluding hydrogens is 264 g/mol. The summed E-state index contributed by atoms with van der Waals surface area (Å²) in [6.45, 7) is 0. The van der Waals surface area contributed by atoms with Crippen LogP contribution in [0.5, 0.6) is 0 Å². The molecule has 2 fully saturated rings. The van der Waals surface area contributed by atoms with Crippen molar-refractivity contribution in [1.29, 1.82) is 0 Å². The van der Waals surface area contributed by atoms with E-state index in [4.69, 9.17) is 0 Å². The van der Waals surface area contributed by atoms with Crippen LogP contribution in [0.2, 0.25) is 0 Å². The molecule has 0 spiro atoms. The predicted molar refractivity (Wildman–Crippen MR) is 83.9 cm³/mol. The van der Waals surface area contributed by atoms with E-state index in [0.717, 1.165) is 38.5 Å². The highest BCUT2D eigenvalue weighted by atomic mass is 16.2. The quantitative estimate of drug-likeness (QED) is 0.709. The summed E-state index contributed by atoms with van der Waals surface area (Å²) in [5.41, 5.74) is 0. The van der Waals surface area contributed by atoms with Gasteiger partial charge in [0.05, 0.1) is 0 Å². The lowest BCUT2D eigenvalue weighted by Crippen LogP contribution is -2.36. The zero-order chi connectivity index (χ0) is 14.9. The second kappa shape index (κ2) is 9.06. The zero-order valence-corrected chi connectivity index (χ0v) is 13.2. The lowest BCUT2D eigenvalue weighted by atomic mass is 9.95. The first-order valence-corrected chi connectivity index (χ1v) is 8.83. The third-order valence-electron chi connectivity index (χ3n) is 4.75. The van der Waals surface area contributed by atoms with Gasteiger partial charge in [-0.3, -0.25) is 9.59 Å². The molecule has 0 aromatic heterocycles. The monoisotopic (exact) mass is 294 g/mol. The fourth-order valence-corrected chi connectivity index (χ4v) is 3.49. The highest BCUT2D eigenvalue weighted by molar-refractivity contribution is 5.77. The van der Waals surface area contributed by atoms with E-state index in [1.54, 1.807) is 0 Å². The van der Waals surface area contributed by atoms with Gasteiger partial charge in [-0.2, -0.15) is 0 Å². The minimum Gasteiger partial charge on any atom is -0.353 e. The maximum Gasteiger partial charge on any atom is 0.220 e. The Morgan fingerprint density at radius 3 is 1.48 bits per heavy atom. The summed E-state index contributed by atoms with van der Waals surface area (Å²) in [4.78, 5) is 23.6. The maximum atomic E-state index is 11.8. The molecule has 4 nitrogen and oxygen atoms in total. The third kappa shape index (κ3) is 6.49. The molecule has 2 aliphatic rings. The van der Waals surface area contributed by atoms with Crippen LogP contribution >= 0.6 is 0 Å². The molecule has 0 saturated heterocycles. The van der Waals surface area contributed by atoms with E-state index in [1.807, 2.05) is 0 Å². The zero-order valence-electron chi connectivity index (χ0n) is 13.2. The average Bonchev–Trinajstić information content (AvgIpc) is 2.97. The van der Waals surface area contributed by atoms with Crippen molar-refractivity contribution >= 4 is 11.8 Å². The molecule has 0 atom stereocenters. The largest absolute Gasteiger partial charge is 0.353 e. The Morgan fingerprint density at radius 1 is 0.667 bits per heavy atom. The van der Waals surface area contributed by atoms with Crippen LogP contribution in [0.15, 0.2) is 0 Å². The number of carbonyl (C=O) groups is 2. The van der Waals surface area contributed by atoms with Gasteiger partial charge in [0.2, 0.25) is 11.8 Å². The van der Waals surface area contributed by atoms with Crippen molar-refractivity contribution in [3.8, 4) is 0 Å². The summed E-state index contributed by atoms with van der Waals surface area (Å²) in [6.07, 6.45) is 13.6. The minimum atomic E-state index is 0.162. The molecule has 2 N–H and O–H groups in total. The SMILES string of the molecule is O=C(CCCCC(=O)NC1CCCC1)NC1CCCCC1. The smallest absolute Gasteiger partial charge is 0.220 e. The number of hydrogen-bond donors (Lipinski definition) is 2. The summed E-state index contributed by atoms with van der Waals surface area (Å²) in [6, 6.07) is 0.809. The van der Waals surface area contributed by atoms with Crippen molar-refractivity contribution in [2.75, 3.05) is 0 Å². The summed E-state index contributed by atoms with van der Waals surface area (Å²) in [5.74, 6) is 0.327. The predicted octanol–water partition coefficient (Wildman–Crippen LogP) is 3.05. The Balaban J connectivity index is 1.48. The van der Waals surface area contributed by atoms with Crippen LogP contribution in [0, 0.1) is 0 Å². The van der Waals surface area contributed by atoms with Gasteiger partial charge in [-0.25, -0.2) is 0 Å². The molecule has 0 radical (unpaired) electrons. The fourth-order valence-electron chi connectivity index (χ4n) is 3.49. The van der Waals surface area contributed by atoms with Gasteiger partial charge in [0, 0.05) is 24.9 Å². The van der Waals surface area contributed by atoms with Crippen LogP contribution in [0.4, 0.5) is 0 Å². The summed E-state index contributed by atoms with van der Waals surface area (Å²) < 4.78 is 0. The van der Waals surface area contributed by atoms with Gasteiger partial charge >= 0.3 is 0 Å². The van der Waals surface area contributed by atoms with Gasteiger partial charge in [0.15, 0.2) is 0 Å². The van der Waals surface area contributed by atoms with Crippen molar-refractivity contribution in [2.24, 2.45) is 0 Å². The van der Waals surface area contributed by atoms with E-state index in [-0.39, 0.29) is 11.8 Å². The molecule has 2 saturated carbocycles. The molecule has 2 rings (SSSR count). The molecule has 0 unspecified atom stereocenters. The van der Waals surface area contributed by atoms with Crippen LogP contribution in [0.3, 0.4) is 0 Å². The second-order valence-corrected chi connectivity index (χ2v) is 6.66. The van der Waals surface area contributed by atoms with E-state index in [0.29, 0.717) is 24.9 Å². The van der Waals surface area contributed by atoms with Crippen molar-refractivity contribution in [3.63, 3.8) is 0 Å². The first-order chi connectivity index (χ1) is 10.2. The van der Waals surface area contributed by atoms with Gasteiger partial charge in [-0.15, -0.1) is 0 Å². The molecule has 21 heavy (non-hydrogen) atoms. The lowest BCUT2D eigenvalue weighted by Gasteiger charge is -2.22. The van der Waals surface area contributed by atoms with Crippen LogP contribution in [0.25, 0.3) is 0 Å². The number of nitrogens with one attached hydrogen (secondary N) is 2. The van der Waals surface area contributed by atoms with Gasteiger partial charge < -0.3 is 10.6 Å². The summed E-state index contributed by atoms with van der Waals surface area (Å²) >= 11 is 0. The number of rotatable bonds is 7. The van der Waals surface area contributed by atoms with Crippen LogP contribution in [-0.4, -0.2) is 23.9 Å². The molecule has 0 aromatic rings. The molecule has 0 bridgehead atoms. The molecule has 0 heterocycles. The Hall–Kier alpha value is -1.06. The topological polar surface area (TPSA) is 58.2 Å². The standard InChI is InChI=1S/C17H30N2O2/c20-16(18-14-8-2-1-3-9-14)12-6-7-13-17(21)19-15-10-4-5-11-15/h14-15H,1-13H2,(H,18,20)(H,19,21). The van der Waals surface area contributed by atoms with Crippen LogP contribution in [-0.2, 0) is 9.59 Å². The molecule has 2 aliphatic carbocycles. The van der Waals surface area contributed by atoms with Crippen LogP contribution < -0.4 is 10.6 Å². The lowest BCUT2D eigenvalue weighted by molar-refractivity contribution is -0.123. The number of amides is 2. The minimum absolute atomic E-state index is 0.162. The third-order valence-corrected chi connectivity index (χ3v) is 4.75. The number of hydrogen-bond acceptors (Lipinski definition) is 2. The molecule has 4 heteroatoms. The van der Waals surface area contributed by atoms with E-state index >= 15 is 0 Å². The van der Waals surface area contributed by atoms with E-state index < -0.39 is 0 Å². The van der Waals surface area contributed by atoms with Gasteiger partial charge in [0.25, 0.3) is 0 Å². The van der Waals surface area contributed by atoms with Gasteiger partial charge in [0.1, 0.15) is 0 Å². The Morgan fingerprint density at radius 2 is 1.05 bits per heavy atom. The summed E-state index contributed by atoms with van der Waals surface area (Å²) in [5, 5.41) is 6.22. The van der Waals surface area contributed by atoms with E-state index in [9.17, 15) is 9.59 Å². The highest BCUT2D eigenvalue weighted by Crippen LogP contribution is 2.18. The van der Waals surface area contributed by atoms with Gasteiger partial charge in [-0.05, 0) is 38.5 Å². The van der Waals surface area contributed by atoms with Crippen molar-refractivity contribution < 1.29 is 9.59 Å².